The van der Waals surface area contributed by atoms with Crippen LogP contribution in [0, 0.1) is 11.7 Å². The van der Waals surface area contributed by atoms with Crippen LogP contribution in [0.4, 0.5) is 10.1 Å². The second-order valence-electron chi connectivity index (χ2n) is 9.47. The first-order valence-electron chi connectivity index (χ1n) is 12.1. The van der Waals surface area contributed by atoms with Gasteiger partial charge in [-0.3, -0.25) is 4.72 Å². The van der Waals surface area contributed by atoms with Crippen LogP contribution < -0.4 is 10.3 Å². The Bertz CT molecular complexity index is 1390. The number of benzene rings is 2. The van der Waals surface area contributed by atoms with Crippen molar-refractivity contribution in [3.8, 4) is 5.75 Å². The molecule has 0 unspecified atom stereocenters. The molecule has 0 aliphatic heterocycles. The summed E-state index contributed by atoms with van der Waals surface area (Å²) in [6, 6.07) is 11.5. The third-order valence-electron chi connectivity index (χ3n) is 6.92. The van der Waals surface area contributed by atoms with E-state index in [2.05, 4.69) is 4.72 Å². The first kappa shape index (κ1) is 23.6. The van der Waals surface area contributed by atoms with Gasteiger partial charge in [0.2, 0.25) is 0 Å². The Kier molecular flexibility index (Phi) is 6.40. The predicted octanol–water partition coefficient (Wildman–Crippen LogP) is 5.49. The highest BCUT2D eigenvalue weighted by atomic mass is 32.2. The Morgan fingerprint density at radius 3 is 2.43 bits per heavy atom. The van der Waals surface area contributed by atoms with Gasteiger partial charge in [0.05, 0.1) is 10.5 Å². The van der Waals surface area contributed by atoms with Gasteiger partial charge < -0.3 is 9.52 Å². The van der Waals surface area contributed by atoms with Crippen molar-refractivity contribution in [2.75, 3.05) is 4.72 Å². The van der Waals surface area contributed by atoms with E-state index in [-0.39, 0.29) is 22.1 Å². The van der Waals surface area contributed by atoms with E-state index < -0.39 is 27.4 Å². The average Bonchev–Trinajstić information content (AvgIpc) is 3.63. The summed E-state index contributed by atoms with van der Waals surface area (Å²) >= 11 is 0. The molecule has 0 amide bonds. The van der Waals surface area contributed by atoms with Gasteiger partial charge in [-0.2, -0.15) is 0 Å². The molecule has 1 atom stereocenters. The Morgan fingerprint density at radius 1 is 1.00 bits per heavy atom. The molecule has 6 nitrogen and oxygen atoms in total. The molecule has 3 aromatic rings. The van der Waals surface area contributed by atoms with Crippen LogP contribution in [-0.4, -0.2) is 13.5 Å². The third kappa shape index (κ3) is 4.98. The summed E-state index contributed by atoms with van der Waals surface area (Å²) < 4.78 is 47.1. The maximum absolute atomic E-state index is 13.2. The zero-order chi connectivity index (χ0) is 24.6. The van der Waals surface area contributed by atoms with Crippen molar-refractivity contribution in [2.24, 2.45) is 5.92 Å². The highest BCUT2D eigenvalue weighted by molar-refractivity contribution is 7.92. The Balaban J connectivity index is 1.52. The topological polar surface area (TPSA) is 96.6 Å². The molecule has 184 valence electrons. The first-order chi connectivity index (χ1) is 16.8. The fourth-order valence-electron chi connectivity index (χ4n) is 5.02. The van der Waals surface area contributed by atoms with Crippen molar-refractivity contribution < 1.29 is 22.3 Å². The molecule has 2 aromatic carbocycles. The van der Waals surface area contributed by atoms with Crippen LogP contribution in [0.1, 0.15) is 66.9 Å². The Labute approximate surface area is 203 Å². The van der Waals surface area contributed by atoms with Crippen LogP contribution in [0.25, 0.3) is 0 Å². The number of rotatable bonds is 6. The third-order valence-corrected chi connectivity index (χ3v) is 8.32. The minimum Gasteiger partial charge on any atom is -0.507 e. The van der Waals surface area contributed by atoms with Crippen LogP contribution >= 0.6 is 0 Å². The molecular weight excluding hydrogens is 469 g/mol. The molecule has 5 rings (SSSR count). The monoisotopic (exact) mass is 497 g/mol. The lowest BCUT2D eigenvalue weighted by Gasteiger charge is -2.22. The van der Waals surface area contributed by atoms with Gasteiger partial charge in [0.25, 0.3) is 10.0 Å². The maximum atomic E-state index is 13.2. The molecule has 0 radical (unpaired) electrons. The summed E-state index contributed by atoms with van der Waals surface area (Å²) in [5.74, 6) is -0.122. The van der Waals surface area contributed by atoms with Crippen LogP contribution in [0.5, 0.6) is 5.75 Å². The fourth-order valence-corrected chi connectivity index (χ4v) is 6.07. The number of halogens is 1. The van der Waals surface area contributed by atoms with E-state index in [0.29, 0.717) is 24.3 Å². The molecule has 0 saturated heterocycles. The quantitative estimate of drug-likeness (QED) is 0.470. The summed E-state index contributed by atoms with van der Waals surface area (Å²) in [7, 11) is -3.92. The van der Waals surface area contributed by atoms with Gasteiger partial charge in [0, 0.05) is 23.6 Å². The second-order valence-corrected chi connectivity index (χ2v) is 11.2. The number of hydrogen-bond donors (Lipinski definition) is 2. The van der Waals surface area contributed by atoms with Crippen molar-refractivity contribution in [3.63, 3.8) is 0 Å². The van der Waals surface area contributed by atoms with Gasteiger partial charge in [0.1, 0.15) is 17.3 Å². The predicted molar refractivity (Wildman–Crippen MR) is 131 cm³/mol. The Hall–Kier alpha value is -3.13. The highest BCUT2D eigenvalue weighted by Gasteiger charge is 2.38. The van der Waals surface area contributed by atoms with Crippen LogP contribution in [0.15, 0.2) is 62.6 Å². The lowest BCUT2D eigenvalue weighted by atomic mass is 9.85. The lowest BCUT2D eigenvalue weighted by molar-refractivity contribution is 0.382. The van der Waals surface area contributed by atoms with Crippen LogP contribution in [0.3, 0.4) is 0 Å². The molecule has 0 bridgehead atoms. The zero-order valence-corrected chi connectivity index (χ0v) is 20.1. The fraction of sp³-hybridized carbons (Fsp3) is 0.370. The van der Waals surface area contributed by atoms with E-state index >= 15 is 0 Å². The van der Waals surface area contributed by atoms with Crippen molar-refractivity contribution in [1.82, 2.24) is 0 Å². The van der Waals surface area contributed by atoms with Gasteiger partial charge in [-0.25, -0.2) is 17.6 Å². The van der Waals surface area contributed by atoms with Gasteiger partial charge in [-0.15, -0.1) is 0 Å². The van der Waals surface area contributed by atoms with Crippen molar-refractivity contribution in [1.29, 1.82) is 0 Å². The largest absolute Gasteiger partial charge is 0.507 e. The molecule has 1 fully saturated rings. The number of sulfonamides is 1. The number of aromatic hydroxyl groups is 1. The van der Waals surface area contributed by atoms with Crippen molar-refractivity contribution in [3.05, 3.63) is 87.2 Å². The van der Waals surface area contributed by atoms with Gasteiger partial charge in [-0.05, 0) is 80.0 Å². The van der Waals surface area contributed by atoms with Gasteiger partial charge in [-0.1, -0.05) is 25.0 Å². The van der Waals surface area contributed by atoms with Crippen molar-refractivity contribution in [2.45, 2.75) is 62.2 Å². The van der Waals surface area contributed by atoms with E-state index in [4.69, 9.17) is 4.42 Å². The zero-order valence-electron chi connectivity index (χ0n) is 19.3. The van der Waals surface area contributed by atoms with E-state index in [9.17, 15) is 22.7 Å². The molecule has 1 aromatic heterocycles. The summed E-state index contributed by atoms with van der Waals surface area (Å²) in [5, 5.41) is 11.3. The Morgan fingerprint density at radius 2 is 1.71 bits per heavy atom. The standard InChI is InChI=1S/C27H28FNO5S/c28-19-12-14-21(15-13-19)35(32,33)29-20-7-5-6-18(16-20)24(17-10-11-17)25-26(30)22-8-3-1-2-4-9-23(22)34-27(25)31/h5-7,12-17,24,29-30H,1-4,8-11H2/t24-/m0/s1. The molecule has 8 heteroatoms. The molecule has 1 saturated carbocycles. The molecule has 2 aliphatic rings. The van der Waals surface area contributed by atoms with Gasteiger partial charge >= 0.3 is 5.63 Å². The van der Waals surface area contributed by atoms with E-state index in [1.807, 2.05) is 6.07 Å². The summed E-state index contributed by atoms with van der Waals surface area (Å²) in [6.45, 7) is 0. The average molecular weight is 498 g/mol. The molecule has 1 heterocycles. The smallest absolute Gasteiger partial charge is 0.343 e. The maximum Gasteiger partial charge on any atom is 0.343 e. The van der Waals surface area contributed by atoms with Crippen LogP contribution in [-0.2, 0) is 22.9 Å². The second kappa shape index (κ2) is 9.49. The molecule has 0 spiro atoms. The summed E-state index contributed by atoms with van der Waals surface area (Å²) in [4.78, 5) is 13.1. The van der Waals surface area contributed by atoms with E-state index in [1.165, 1.54) is 12.1 Å². The number of hydrogen-bond acceptors (Lipinski definition) is 5. The first-order valence-corrected chi connectivity index (χ1v) is 13.6. The molecule has 2 N–H and O–H groups in total. The molecule has 2 aliphatic carbocycles. The number of nitrogens with one attached hydrogen (secondary N) is 1. The molecular formula is C27H28FNO5S. The number of aryl methyl sites for hydroxylation is 1. The normalized spacial score (nSPS) is 17.2. The number of anilines is 1. The SMILES string of the molecule is O=c1oc2c(c(O)c1[C@H](c1cccc(NS(=O)(=O)c3ccc(F)cc3)c1)C1CC1)CCCCCC2. The number of fused-ring (bicyclic) bond motifs is 1. The highest BCUT2D eigenvalue weighted by Crippen LogP contribution is 2.49. The summed E-state index contributed by atoms with van der Waals surface area (Å²) in [5.41, 5.74) is 1.55. The van der Waals surface area contributed by atoms with E-state index in [1.54, 1.807) is 18.2 Å². The van der Waals surface area contributed by atoms with Gasteiger partial charge in [0.15, 0.2) is 0 Å². The van der Waals surface area contributed by atoms with Crippen molar-refractivity contribution >= 4 is 15.7 Å². The minimum atomic E-state index is -3.92. The van der Waals surface area contributed by atoms with E-state index in [0.717, 1.165) is 61.8 Å². The molecule has 35 heavy (non-hydrogen) atoms. The minimum absolute atomic E-state index is 0.0346. The summed E-state index contributed by atoms with van der Waals surface area (Å²) in [6.07, 6.45) is 7.16. The lowest BCUT2D eigenvalue weighted by Crippen LogP contribution is -2.19. The van der Waals surface area contributed by atoms with Crippen LogP contribution in [0.2, 0.25) is 0 Å².